The Kier molecular flexibility index (Phi) is 4.26. The highest BCUT2D eigenvalue weighted by molar-refractivity contribution is 7.09. The lowest BCUT2D eigenvalue weighted by Crippen LogP contribution is -2.62. The molecule has 5 nitrogen and oxygen atoms in total. The van der Waals surface area contributed by atoms with Crippen LogP contribution in [0.5, 0.6) is 0 Å². The number of ether oxygens (including phenoxy) is 1. The van der Waals surface area contributed by atoms with Crippen LogP contribution in [0, 0.1) is 5.41 Å². The molecule has 0 aromatic carbocycles. The van der Waals surface area contributed by atoms with Crippen LogP contribution in [-0.2, 0) is 10.9 Å². The minimum Gasteiger partial charge on any atom is -0.381 e. The molecule has 2 fully saturated rings. The summed E-state index contributed by atoms with van der Waals surface area (Å²) < 4.78 is 43.0. The van der Waals surface area contributed by atoms with E-state index in [-0.39, 0.29) is 16.5 Å². The Balaban J connectivity index is 1.53. The number of aromatic nitrogens is 1. The number of thiazole rings is 1. The number of carbonyl (C=O) groups is 1. The zero-order chi connectivity index (χ0) is 16.7. The number of alkyl halides is 3. The van der Waals surface area contributed by atoms with Gasteiger partial charge in [0.1, 0.15) is 5.01 Å². The van der Waals surface area contributed by atoms with Crippen molar-refractivity contribution in [3.05, 3.63) is 16.1 Å². The van der Waals surface area contributed by atoms with Gasteiger partial charge in [0.15, 0.2) is 5.69 Å². The van der Waals surface area contributed by atoms with Crippen molar-refractivity contribution in [1.82, 2.24) is 15.2 Å². The van der Waals surface area contributed by atoms with Gasteiger partial charge < -0.3 is 15.0 Å². The summed E-state index contributed by atoms with van der Waals surface area (Å²) in [5, 5.41) is 3.95. The number of nitrogens with zero attached hydrogens (tertiary/aromatic N) is 2. The summed E-state index contributed by atoms with van der Waals surface area (Å²) in [5.74, 6) is 0. The highest BCUT2D eigenvalue weighted by Gasteiger charge is 2.46. The third-order valence-corrected chi connectivity index (χ3v) is 5.44. The second-order valence-corrected chi connectivity index (χ2v) is 7.10. The topological polar surface area (TPSA) is 54.5 Å². The summed E-state index contributed by atoms with van der Waals surface area (Å²) in [4.78, 5) is 17.4. The molecule has 1 aromatic heterocycles. The van der Waals surface area contributed by atoms with Crippen molar-refractivity contribution < 1.29 is 22.7 Å². The Morgan fingerprint density at radius 2 is 2.09 bits per heavy atom. The first-order chi connectivity index (χ1) is 10.8. The van der Waals surface area contributed by atoms with Crippen LogP contribution in [-0.4, -0.2) is 42.2 Å². The quantitative estimate of drug-likeness (QED) is 0.893. The van der Waals surface area contributed by atoms with Crippen LogP contribution in [0.4, 0.5) is 18.0 Å². The predicted molar refractivity (Wildman–Crippen MR) is 78.1 cm³/mol. The molecule has 128 valence electrons. The number of halogens is 3. The third kappa shape index (κ3) is 3.45. The van der Waals surface area contributed by atoms with E-state index in [1.807, 2.05) is 0 Å². The zero-order valence-corrected chi connectivity index (χ0v) is 13.5. The van der Waals surface area contributed by atoms with Gasteiger partial charge in [-0.15, -0.1) is 11.3 Å². The van der Waals surface area contributed by atoms with Gasteiger partial charge in [-0.1, -0.05) is 0 Å². The Morgan fingerprint density at radius 1 is 1.43 bits per heavy atom. The maximum atomic E-state index is 12.6. The molecule has 1 atom stereocenters. The van der Waals surface area contributed by atoms with E-state index in [9.17, 15) is 18.0 Å². The maximum absolute atomic E-state index is 12.6. The van der Waals surface area contributed by atoms with Crippen LogP contribution in [0.2, 0.25) is 0 Å². The van der Waals surface area contributed by atoms with Gasteiger partial charge in [-0.05, 0) is 19.8 Å². The normalized spacial score (nSPS) is 21.8. The van der Waals surface area contributed by atoms with Gasteiger partial charge >= 0.3 is 12.2 Å². The van der Waals surface area contributed by atoms with Gasteiger partial charge in [0.25, 0.3) is 0 Å². The van der Waals surface area contributed by atoms with Gasteiger partial charge in [-0.25, -0.2) is 9.78 Å². The Morgan fingerprint density at radius 3 is 2.65 bits per heavy atom. The van der Waals surface area contributed by atoms with E-state index in [2.05, 4.69) is 10.3 Å². The van der Waals surface area contributed by atoms with E-state index in [1.54, 1.807) is 11.8 Å². The highest BCUT2D eigenvalue weighted by atomic mass is 32.1. The van der Waals surface area contributed by atoms with E-state index in [4.69, 9.17) is 4.74 Å². The van der Waals surface area contributed by atoms with Crippen LogP contribution < -0.4 is 5.32 Å². The lowest BCUT2D eigenvalue weighted by atomic mass is 9.73. The van der Waals surface area contributed by atoms with Crippen molar-refractivity contribution in [3.63, 3.8) is 0 Å². The fourth-order valence-electron chi connectivity index (χ4n) is 2.98. The van der Waals surface area contributed by atoms with Crippen molar-refractivity contribution in [3.8, 4) is 0 Å². The summed E-state index contributed by atoms with van der Waals surface area (Å²) in [6.07, 6.45) is -2.55. The lowest BCUT2D eigenvalue weighted by molar-refractivity contribution is -0.140. The Labute approximate surface area is 135 Å². The van der Waals surface area contributed by atoms with E-state index < -0.39 is 17.9 Å². The van der Waals surface area contributed by atoms with E-state index in [0.29, 0.717) is 13.1 Å². The largest absolute Gasteiger partial charge is 0.434 e. The number of nitrogens with one attached hydrogen (secondary N) is 1. The standard InChI is InChI=1S/C14H18F3N3O2S/c1-9(11-19-10(6-23-11)14(15,16)17)18-12(21)20-7-13(8-20)2-4-22-5-3-13/h6,9H,2-5,7-8H2,1H3,(H,18,21). The number of hydrogen-bond acceptors (Lipinski definition) is 4. The van der Waals surface area contributed by atoms with Crippen molar-refractivity contribution in [1.29, 1.82) is 0 Å². The molecule has 0 aliphatic carbocycles. The molecule has 2 aliphatic heterocycles. The molecule has 2 saturated heterocycles. The molecular weight excluding hydrogens is 331 g/mol. The van der Waals surface area contributed by atoms with Gasteiger partial charge in [0, 0.05) is 37.1 Å². The van der Waals surface area contributed by atoms with Gasteiger partial charge in [-0.2, -0.15) is 13.2 Å². The van der Waals surface area contributed by atoms with Crippen molar-refractivity contribution in [2.24, 2.45) is 5.41 Å². The molecule has 1 unspecified atom stereocenters. The molecule has 0 saturated carbocycles. The minimum atomic E-state index is -4.45. The summed E-state index contributed by atoms with van der Waals surface area (Å²) in [6, 6.07) is -0.798. The third-order valence-electron chi connectivity index (χ3n) is 4.42. The number of urea groups is 1. The molecule has 2 amide bonds. The monoisotopic (exact) mass is 349 g/mol. The van der Waals surface area contributed by atoms with Crippen molar-refractivity contribution >= 4 is 17.4 Å². The molecule has 0 radical (unpaired) electrons. The number of hydrogen-bond donors (Lipinski definition) is 1. The van der Waals surface area contributed by atoms with Gasteiger partial charge in [0.05, 0.1) is 6.04 Å². The average molecular weight is 349 g/mol. The molecule has 3 heterocycles. The fraction of sp³-hybridized carbons (Fsp3) is 0.714. The number of amides is 2. The van der Waals surface area contributed by atoms with Crippen molar-refractivity contribution in [2.75, 3.05) is 26.3 Å². The van der Waals surface area contributed by atoms with E-state index in [1.165, 1.54) is 0 Å². The first kappa shape index (κ1) is 16.5. The molecule has 1 spiro atoms. The Hall–Kier alpha value is -1.35. The number of rotatable bonds is 2. The molecule has 1 aromatic rings. The summed E-state index contributed by atoms with van der Waals surface area (Å²) >= 11 is 0.905. The second-order valence-electron chi connectivity index (χ2n) is 6.21. The maximum Gasteiger partial charge on any atom is 0.434 e. The summed E-state index contributed by atoms with van der Waals surface area (Å²) in [5.41, 5.74) is -0.743. The van der Waals surface area contributed by atoms with Crippen LogP contribution in [0.15, 0.2) is 5.38 Å². The lowest BCUT2D eigenvalue weighted by Gasteiger charge is -2.52. The highest BCUT2D eigenvalue weighted by Crippen LogP contribution is 2.40. The molecule has 2 aliphatic rings. The summed E-state index contributed by atoms with van der Waals surface area (Å²) in [7, 11) is 0. The van der Waals surface area contributed by atoms with Crippen LogP contribution in [0.3, 0.4) is 0 Å². The van der Waals surface area contributed by atoms with Crippen LogP contribution in [0.25, 0.3) is 0 Å². The SMILES string of the molecule is CC(NC(=O)N1CC2(CCOCC2)C1)c1nc(C(F)(F)F)cs1. The average Bonchev–Trinajstić information content (AvgIpc) is 2.95. The van der Waals surface area contributed by atoms with Crippen molar-refractivity contribution in [2.45, 2.75) is 32.0 Å². The predicted octanol–water partition coefficient (Wildman–Crippen LogP) is 3.04. The van der Waals surface area contributed by atoms with E-state index in [0.717, 1.165) is 42.8 Å². The smallest absolute Gasteiger partial charge is 0.381 e. The first-order valence-electron chi connectivity index (χ1n) is 7.45. The molecule has 1 N–H and O–H groups in total. The minimum absolute atomic E-state index is 0.170. The zero-order valence-electron chi connectivity index (χ0n) is 12.7. The first-order valence-corrected chi connectivity index (χ1v) is 8.33. The van der Waals surface area contributed by atoms with Crippen LogP contribution >= 0.6 is 11.3 Å². The fourth-order valence-corrected chi connectivity index (χ4v) is 3.82. The number of likely N-dealkylation sites (tertiary alicyclic amines) is 1. The van der Waals surface area contributed by atoms with Crippen LogP contribution in [0.1, 0.15) is 36.5 Å². The molecule has 23 heavy (non-hydrogen) atoms. The van der Waals surface area contributed by atoms with E-state index >= 15 is 0 Å². The summed E-state index contributed by atoms with van der Waals surface area (Å²) in [6.45, 7) is 4.46. The van der Waals surface area contributed by atoms with Gasteiger partial charge in [0.2, 0.25) is 0 Å². The van der Waals surface area contributed by atoms with Gasteiger partial charge in [-0.3, -0.25) is 0 Å². The Bertz CT molecular complexity index is 576. The molecular formula is C14H18F3N3O2S. The molecule has 9 heteroatoms. The molecule has 0 bridgehead atoms. The number of carbonyl (C=O) groups excluding carboxylic acids is 1. The second kappa shape index (κ2) is 5.94. The molecule has 3 rings (SSSR count).